The van der Waals surface area contributed by atoms with Crippen molar-refractivity contribution < 1.29 is 0 Å². The molecule has 0 atom stereocenters. The lowest BCUT2D eigenvalue weighted by Crippen LogP contribution is -2.36. The van der Waals surface area contributed by atoms with Crippen molar-refractivity contribution in [1.29, 1.82) is 0 Å². The number of aromatic nitrogens is 5. The summed E-state index contributed by atoms with van der Waals surface area (Å²) < 4.78 is 4.16. The summed E-state index contributed by atoms with van der Waals surface area (Å²) in [5.41, 5.74) is 10.8. The predicted octanol–water partition coefficient (Wildman–Crippen LogP) is 2.47. The molecule has 2 N–H and O–H groups in total. The van der Waals surface area contributed by atoms with Gasteiger partial charge in [0, 0.05) is 36.7 Å². The van der Waals surface area contributed by atoms with Crippen molar-refractivity contribution in [2.45, 2.75) is 51.6 Å². The van der Waals surface area contributed by atoms with Crippen LogP contribution >= 0.6 is 0 Å². The molecule has 1 fully saturated rings. The lowest BCUT2D eigenvalue weighted by molar-refractivity contribution is 0.331. The lowest BCUT2D eigenvalue weighted by Gasteiger charge is -2.31. The molecule has 26 heavy (non-hydrogen) atoms. The number of nitrogens with two attached hydrogens (primary N) is 1. The third-order valence-electron chi connectivity index (χ3n) is 5.58. The van der Waals surface area contributed by atoms with E-state index in [1.807, 2.05) is 17.8 Å². The van der Waals surface area contributed by atoms with E-state index in [-0.39, 0.29) is 0 Å². The Hall–Kier alpha value is -2.47. The van der Waals surface area contributed by atoms with Gasteiger partial charge in [-0.1, -0.05) is 30.3 Å². The number of hydrogen-bond donors (Lipinski definition) is 1. The van der Waals surface area contributed by atoms with Crippen molar-refractivity contribution in [2.24, 2.45) is 12.8 Å². The molecular formula is C20H26N6. The second-order valence-electron chi connectivity index (χ2n) is 7.43. The Morgan fingerprint density at radius 3 is 2.54 bits per heavy atom. The first-order valence-corrected chi connectivity index (χ1v) is 9.23. The number of rotatable bonds is 5. The summed E-state index contributed by atoms with van der Waals surface area (Å²) in [6.07, 6.45) is 2.92. The minimum atomic E-state index is 0.316. The molecule has 4 rings (SSSR count). The summed E-state index contributed by atoms with van der Waals surface area (Å²) in [6.45, 7) is 4.86. The summed E-state index contributed by atoms with van der Waals surface area (Å²) in [5.74, 6) is 2.44. The van der Waals surface area contributed by atoms with Gasteiger partial charge in [0.05, 0.1) is 5.69 Å². The van der Waals surface area contributed by atoms with Crippen LogP contribution in [0.3, 0.4) is 0 Å². The Labute approximate surface area is 154 Å². The van der Waals surface area contributed by atoms with Crippen LogP contribution in [0.25, 0.3) is 0 Å². The lowest BCUT2D eigenvalue weighted by atomic mass is 9.80. The fourth-order valence-electron chi connectivity index (χ4n) is 3.82. The largest absolute Gasteiger partial charge is 0.328 e. The molecule has 2 heterocycles. The zero-order valence-electron chi connectivity index (χ0n) is 15.7. The van der Waals surface area contributed by atoms with Gasteiger partial charge in [-0.05, 0) is 32.3 Å². The van der Waals surface area contributed by atoms with E-state index in [9.17, 15) is 0 Å². The summed E-state index contributed by atoms with van der Waals surface area (Å²) in [5, 5.41) is 13.6. The number of aryl methyl sites for hydroxylation is 1. The van der Waals surface area contributed by atoms with Crippen LogP contribution in [0.2, 0.25) is 0 Å². The minimum Gasteiger partial charge on any atom is -0.328 e. The van der Waals surface area contributed by atoms with Crippen LogP contribution < -0.4 is 5.73 Å². The Balaban J connectivity index is 1.55. The monoisotopic (exact) mass is 350 g/mol. The van der Waals surface area contributed by atoms with E-state index in [1.165, 1.54) is 16.8 Å². The maximum absolute atomic E-state index is 5.92. The highest BCUT2D eigenvalue weighted by Crippen LogP contribution is 2.34. The number of nitrogens with zero attached hydrogens (tertiary/aromatic N) is 5. The highest BCUT2D eigenvalue weighted by molar-refractivity contribution is 5.32. The fourth-order valence-corrected chi connectivity index (χ4v) is 3.82. The fraction of sp³-hybridized carbons (Fsp3) is 0.450. The molecule has 1 saturated carbocycles. The average molecular weight is 350 g/mol. The van der Waals surface area contributed by atoms with E-state index >= 15 is 0 Å². The van der Waals surface area contributed by atoms with Gasteiger partial charge in [-0.2, -0.15) is 5.10 Å². The van der Waals surface area contributed by atoms with Gasteiger partial charge in [0.1, 0.15) is 12.4 Å². The molecule has 1 aromatic carbocycles. The molecule has 0 bridgehead atoms. The van der Waals surface area contributed by atoms with Crippen LogP contribution in [0.1, 0.15) is 52.9 Å². The van der Waals surface area contributed by atoms with E-state index in [0.29, 0.717) is 18.5 Å². The molecule has 0 saturated heterocycles. The summed E-state index contributed by atoms with van der Waals surface area (Å²) in [6, 6.07) is 10.9. The van der Waals surface area contributed by atoms with Gasteiger partial charge in [0.15, 0.2) is 5.82 Å². The normalized spacial score (nSPS) is 19.5. The first kappa shape index (κ1) is 17.0. The van der Waals surface area contributed by atoms with Crippen molar-refractivity contribution >= 4 is 0 Å². The average Bonchev–Trinajstić information content (AvgIpc) is 3.08. The molecule has 0 radical (unpaired) electrons. The molecule has 0 amide bonds. The number of benzene rings is 1. The van der Waals surface area contributed by atoms with Gasteiger partial charge in [0.2, 0.25) is 0 Å². The Morgan fingerprint density at radius 2 is 1.85 bits per heavy atom. The van der Waals surface area contributed by atoms with Crippen LogP contribution in [0.15, 0.2) is 30.3 Å². The van der Waals surface area contributed by atoms with Crippen molar-refractivity contribution in [1.82, 2.24) is 24.5 Å². The summed E-state index contributed by atoms with van der Waals surface area (Å²) in [4.78, 5) is 0. The molecular weight excluding hydrogens is 324 g/mol. The third-order valence-corrected chi connectivity index (χ3v) is 5.58. The highest BCUT2D eigenvalue weighted by atomic mass is 15.3. The zero-order valence-corrected chi connectivity index (χ0v) is 15.7. The van der Waals surface area contributed by atoms with Crippen LogP contribution in [-0.2, 0) is 20.0 Å². The zero-order chi connectivity index (χ0) is 18.3. The SMILES string of the molecule is Cc1nn(Cc2nnc(C3CC(N)C3)n2C)c(C)c1Cc1ccccc1. The van der Waals surface area contributed by atoms with Crippen LogP contribution in [-0.4, -0.2) is 30.6 Å². The predicted molar refractivity (Wildman–Crippen MR) is 101 cm³/mol. The molecule has 2 aromatic heterocycles. The van der Waals surface area contributed by atoms with Gasteiger partial charge in [0.25, 0.3) is 0 Å². The highest BCUT2D eigenvalue weighted by Gasteiger charge is 2.31. The second-order valence-corrected chi connectivity index (χ2v) is 7.43. The Bertz CT molecular complexity index is 902. The molecule has 6 nitrogen and oxygen atoms in total. The van der Waals surface area contributed by atoms with E-state index < -0.39 is 0 Å². The molecule has 136 valence electrons. The standard InChI is InChI=1S/C20H26N6/c1-13-18(9-15-7-5-4-6-8-15)14(2)26(24-13)12-19-22-23-20(25(19)3)16-10-17(21)11-16/h4-8,16-17H,9-12,21H2,1-3H3. The summed E-state index contributed by atoms with van der Waals surface area (Å²) >= 11 is 0. The molecule has 1 aliphatic carbocycles. The Morgan fingerprint density at radius 1 is 1.12 bits per heavy atom. The second kappa shape index (κ2) is 6.68. The van der Waals surface area contributed by atoms with E-state index in [4.69, 9.17) is 10.8 Å². The molecule has 0 aliphatic heterocycles. The van der Waals surface area contributed by atoms with Crippen molar-refractivity contribution in [3.05, 3.63) is 64.5 Å². The van der Waals surface area contributed by atoms with Gasteiger partial charge >= 0.3 is 0 Å². The quantitative estimate of drug-likeness (QED) is 0.767. The molecule has 3 aromatic rings. The topological polar surface area (TPSA) is 74.6 Å². The van der Waals surface area contributed by atoms with Crippen LogP contribution in [0.4, 0.5) is 0 Å². The first-order valence-electron chi connectivity index (χ1n) is 9.23. The molecule has 6 heteroatoms. The van der Waals surface area contributed by atoms with Crippen LogP contribution in [0.5, 0.6) is 0 Å². The van der Waals surface area contributed by atoms with E-state index in [2.05, 4.69) is 52.9 Å². The van der Waals surface area contributed by atoms with E-state index in [0.717, 1.165) is 36.6 Å². The maximum Gasteiger partial charge on any atom is 0.154 e. The van der Waals surface area contributed by atoms with Crippen LogP contribution in [0, 0.1) is 13.8 Å². The van der Waals surface area contributed by atoms with Crippen molar-refractivity contribution in [3.63, 3.8) is 0 Å². The van der Waals surface area contributed by atoms with Crippen molar-refractivity contribution in [3.8, 4) is 0 Å². The van der Waals surface area contributed by atoms with Gasteiger partial charge < -0.3 is 10.3 Å². The third kappa shape index (κ3) is 3.05. The smallest absolute Gasteiger partial charge is 0.154 e. The molecule has 0 unspecified atom stereocenters. The van der Waals surface area contributed by atoms with Crippen molar-refractivity contribution in [2.75, 3.05) is 0 Å². The molecule has 0 spiro atoms. The maximum atomic E-state index is 5.92. The van der Waals surface area contributed by atoms with Gasteiger partial charge in [-0.3, -0.25) is 4.68 Å². The van der Waals surface area contributed by atoms with E-state index in [1.54, 1.807) is 0 Å². The van der Waals surface area contributed by atoms with Gasteiger partial charge in [-0.15, -0.1) is 10.2 Å². The van der Waals surface area contributed by atoms with Gasteiger partial charge in [-0.25, -0.2) is 0 Å². The number of hydrogen-bond acceptors (Lipinski definition) is 4. The minimum absolute atomic E-state index is 0.316. The molecule has 1 aliphatic rings. The first-order chi connectivity index (χ1) is 12.5. The summed E-state index contributed by atoms with van der Waals surface area (Å²) in [7, 11) is 2.05. The Kier molecular flexibility index (Phi) is 4.36.